The Labute approximate surface area is 263 Å². The highest BCUT2D eigenvalue weighted by Gasteiger charge is 2.21. The Balaban J connectivity index is 0.000000246. The Kier molecular flexibility index (Phi) is 11.1. The van der Waals surface area contributed by atoms with Crippen LogP contribution in [0, 0.1) is 24.1 Å². The summed E-state index contributed by atoms with van der Waals surface area (Å²) in [7, 11) is -3.65. The number of alkyl halides is 2. The zero-order valence-electron chi connectivity index (χ0n) is 23.3. The first-order valence-corrected chi connectivity index (χ1v) is 15.0. The number of aromatic nitrogens is 3. The van der Waals surface area contributed by atoms with Crippen LogP contribution in [0.4, 0.5) is 18.9 Å². The predicted octanol–water partition coefficient (Wildman–Crippen LogP) is 5.76. The maximum absolute atomic E-state index is 13.7. The molecule has 0 bridgehead atoms. The summed E-state index contributed by atoms with van der Waals surface area (Å²) in [6, 6.07) is 14.1. The number of halogens is 5. The van der Waals surface area contributed by atoms with Crippen LogP contribution in [0.25, 0.3) is 5.69 Å². The van der Waals surface area contributed by atoms with Gasteiger partial charge in [0.1, 0.15) is 17.3 Å². The van der Waals surface area contributed by atoms with Gasteiger partial charge in [0, 0.05) is 0 Å². The molecule has 0 aliphatic carbocycles. The molecule has 4 rings (SSSR count). The molecule has 0 unspecified atom stereocenters. The van der Waals surface area contributed by atoms with Crippen molar-refractivity contribution in [1.82, 2.24) is 14.3 Å². The summed E-state index contributed by atoms with van der Waals surface area (Å²) in [6.07, 6.45) is -0.0675. The van der Waals surface area contributed by atoms with Crippen molar-refractivity contribution < 1.29 is 41.0 Å². The number of nitrogens with zero attached hydrogens (tertiary/aromatic N) is 4. The van der Waals surface area contributed by atoms with Gasteiger partial charge in [-0.3, -0.25) is 4.72 Å². The highest BCUT2D eigenvalue weighted by molar-refractivity contribution is 7.92. The minimum absolute atomic E-state index is 0.00780. The van der Waals surface area contributed by atoms with E-state index in [1.807, 2.05) is 6.07 Å². The molecule has 3 aromatic carbocycles. The number of benzene rings is 3. The number of carboxylic acid groups (broad SMARTS) is 1. The van der Waals surface area contributed by atoms with Crippen LogP contribution in [0.3, 0.4) is 0 Å². The fourth-order valence-corrected chi connectivity index (χ4v) is 4.59. The fraction of sp³-hybridized carbons (Fsp3) is 0.185. The van der Waals surface area contributed by atoms with Crippen LogP contribution in [0.1, 0.15) is 24.9 Å². The van der Waals surface area contributed by atoms with E-state index in [9.17, 15) is 31.2 Å². The molecule has 1 atom stereocenters. The third kappa shape index (κ3) is 9.14. The van der Waals surface area contributed by atoms with E-state index in [4.69, 9.17) is 43.0 Å². The smallest absolute Gasteiger partial charge is 0.355 e. The summed E-state index contributed by atoms with van der Waals surface area (Å²) in [5.74, 6) is -1.22. The van der Waals surface area contributed by atoms with E-state index >= 15 is 0 Å². The van der Waals surface area contributed by atoms with Crippen LogP contribution in [0.5, 0.6) is 17.2 Å². The van der Waals surface area contributed by atoms with Gasteiger partial charge in [0.25, 0.3) is 0 Å². The molecule has 0 saturated carbocycles. The van der Waals surface area contributed by atoms with Crippen LogP contribution in [-0.2, 0) is 14.8 Å². The fourth-order valence-electron chi connectivity index (χ4n) is 3.46. The number of carbonyl (C=O) groups is 1. The quantitative estimate of drug-likeness (QED) is 0.223. The number of hydrogen-bond acceptors (Lipinski definition) is 8. The Morgan fingerprint density at radius 2 is 1.71 bits per heavy atom. The van der Waals surface area contributed by atoms with Crippen molar-refractivity contribution in [1.29, 1.82) is 5.26 Å². The summed E-state index contributed by atoms with van der Waals surface area (Å²) in [5.41, 5.74) is -1.07. The second-order valence-electron chi connectivity index (χ2n) is 8.98. The summed E-state index contributed by atoms with van der Waals surface area (Å²) < 4.78 is 75.5. The summed E-state index contributed by atoms with van der Waals surface area (Å²) >= 11 is 11.8. The van der Waals surface area contributed by atoms with Crippen molar-refractivity contribution in [2.75, 3.05) is 11.0 Å². The number of nitrogens with one attached hydrogen (secondary N) is 1. The molecule has 1 heterocycles. The summed E-state index contributed by atoms with van der Waals surface area (Å²) in [4.78, 5) is 22.7. The molecule has 1 aromatic heterocycles. The largest absolute Gasteiger partial charge is 0.479 e. The first-order chi connectivity index (χ1) is 21.0. The lowest BCUT2D eigenvalue weighted by molar-refractivity contribution is -0.144. The lowest BCUT2D eigenvalue weighted by atomic mass is 10.2. The number of hydrogen-bond donors (Lipinski definition) is 2. The normalized spacial score (nSPS) is 11.6. The summed E-state index contributed by atoms with van der Waals surface area (Å²) in [5, 5.41) is 21.0. The number of carboxylic acids is 1. The maximum atomic E-state index is 13.7. The first kappa shape index (κ1) is 34.8. The van der Waals surface area contributed by atoms with Crippen molar-refractivity contribution in [3.8, 4) is 29.0 Å². The molecule has 18 heteroatoms. The van der Waals surface area contributed by atoms with Gasteiger partial charge in [-0.1, -0.05) is 23.2 Å². The topological polar surface area (TPSA) is 166 Å². The molecule has 0 spiro atoms. The Bertz CT molecular complexity index is 1930. The van der Waals surface area contributed by atoms with Gasteiger partial charge in [0.15, 0.2) is 17.7 Å². The molecule has 4 aromatic rings. The number of anilines is 1. The molecular weight excluding hydrogens is 666 g/mol. The molecule has 45 heavy (non-hydrogen) atoms. The summed E-state index contributed by atoms with van der Waals surface area (Å²) in [6.45, 7) is -0.432. The van der Waals surface area contributed by atoms with Gasteiger partial charge >= 0.3 is 18.2 Å². The van der Waals surface area contributed by atoms with Crippen molar-refractivity contribution in [2.24, 2.45) is 0 Å². The minimum atomic E-state index is -3.65. The van der Waals surface area contributed by atoms with Gasteiger partial charge in [-0.2, -0.15) is 18.7 Å². The second kappa shape index (κ2) is 14.4. The molecule has 2 N–H and O–H groups in total. The average Bonchev–Trinajstić information content (AvgIpc) is 3.25. The van der Waals surface area contributed by atoms with Crippen molar-refractivity contribution in [3.05, 3.63) is 92.3 Å². The van der Waals surface area contributed by atoms with E-state index in [-0.39, 0.29) is 43.1 Å². The van der Waals surface area contributed by atoms with Crippen LogP contribution in [0.15, 0.2) is 59.4 Å². The number of nitriles is 1. The van der Waals surface area contributed by atoms with Gasteiger partial charge in [-0.05, 0) is 68.4 Å². The number of aliphatic carboxylic acids is 1. The SMILES string of the molecule is C[C@@H](Oc1ccc(Oc2ccc(C#N)cc2F)cc1)C(=O)O.Cc1nn(-c2cc(NS(C)(=O)=O)c(Cl)cc2Cl)c(=O)n1C(F)F. The molecule has 0 amide bonds. The van der Waals surface area contributed by atoms with Gasteiger partial charge in [-0.25, -0.2) is 27.0 Å². The Hall–Kier alpha value is -4.72. The lowest BCUT2D eigenvalue weighted by Gasteiger charge is -2.11. The standard InChI is InChI=1S/C16H12FNO4.C11H10Cl2F2N4O3S/c1-10(16(19)20)21-12-3-5-13(6-4-12)22-15-7-2-11(9-18)8-14(15)17;1-5-16-19(11(20)18(5)10(14)15)9-4-8(17-23(2,21)22)6(12)3-7(9)13/h2-8,10H,1H3,(H,19,20);3-4,10,17H,1-2H3/t10-;/m1./s1. The van der Waals surface area contributed by atoms with Gasteiger partial charge in [0.05, 0.1) is 39.3 Å². The van der Waals surface area contributed by atoms with Crippen LogP contribution in [-0.4, -0.2) is 46.2 Å². The Morgan fingerprint density at radius 3 is 2.22 bits per heavy atom. The molecule has 238 valence electrons. The number of aryl methyl sites for hydroxylation is 1. The van der Waals surface area contributed by atoms with Crippen LogP contribution < -0.4 is 19.9 Å². The number of sulfonamides is 1. The number of ether oxygens (including phenoxy) is 2. The monoisotopic (exact) mass is 687 g/mol. The highest BCUT2D eigenvalue weighted by Crippen LogP contribution is 2.32. The Morgan fingerprint density at radius 1 is 1.09 bits per heavy atom. The van der Waals surface area contributed by atoms with Crippen LogP contribution >= 0.6 is 23.2 Å². The zero-order chi connectivity index (χ0) is 33.6. The maximum Gasteiger partial charge on any atom is 0.355 e. The molecule has 0 aliphatic rings. The van der Waals surface area contributed by atoms with Crippen molar-refractivity contribution in [3.63, 3.8) is 0 Å². The van der Waals surface area contributed by atoms with Gasteiger partial charge in [-0.15, -0.1) is 5.10 Å². The van der Waals surface area contributed by atoms with E-state index in [1.165, 1.54) is 56.3 Å². The molecule has 0 aliphatic heterocycles. The zero-order valence-corrected chi connectivity index (χ0v) is 25.7. The van der Waals surface area contributed by atoms with Crippen LogP contribution in [0.2, 0.25) is 10.0 Å². The van der Waals surface area contributed by atoms with Crippen molar-refractivity contribution in [2.45, 2.75) is 26.5 Å². The molecule has 12 nitrogen and oxygen atoms in total. The first-order valence-electron chi connectivity index (χ1n) is 12.3. The third-order valence-electron chi connectivity index (χ3n) is 5.51. The lowest BCUT2D eigenvalue weighted by Crippen LogP contribution is -2.25. The molecule has 0 fully saturated rings. The highest BCUT2D eigenvalue weighted by atomic mass is 35.5. The second-order valence-corrected chi connectivity index (χ2v) is 11.5. The van der Waals surface area contributed by atoms with Gasteiger partial charge in [0.2, 0.25) is 10.0 Å². The van der Waals surface area contributed by atoms with E-state index in [0.29, 0.717) is 16.2 Å². The van der Waals surface area contributed by atoms with E-state index in [0.717, 1.165) is 18.4 Å². The predicted molar refractivity (Wildman–Crippen MR) is 158 cm³/mol. The number of rotatable bonds is 9. The third-order valence-corrected chi connectivity index (χ3v) is 6.72. The molecule has 0 saturated heterocycles. The van der Waals surface area contributed by atoms with Gasteiger partial charge < -0.3 is 14.6 Å². The van der Waals surface area contributed by atoms with E-state index < -0.39 is 40.2 Å². The van der Waals surface area contributed by atoms with Crippen molar-refractivity contribution >= 4 is 44.9 Å². The minimum Gasteiger partial charge on any atom is -0.479 e. The van der Waals surface area contributed by atoms with E-state index in [2.05, 4.69) is 9.82 Å². The molecule has 0 radical (unpaired) electrons. The van der Waals surface area contributed by atoms with E-state index in [1.54, 1.807) is 0 Å². The molecular formula is C27H22Cl2F3N5O7S. The average molecular weight is 688 g/mol.